The molecule has 7 heteroatoms. The Morgan fingerprint density at radius 1 is 1.45 bits per heavy atom. The van der Waals surface area contributed by atoms with Gasteiger partial charge >= 0.3 is 0 Å². The van der Waals surface area contributed by atoms with Gasteiger partial charge in [-0.2, -0.15) is 0 Å². The van der Waals surface area contributed by atoms with Crippen LogP contribution in [-0.4, -0.2) is 24.1 Å². The fourth-order valence-corrected chi connectivity index (χ4v) is 3.44. The van der Waals surface area contributed by atoms with Gasteiger partial charge in [0.05, 0.1) is 10.7 Å². The van der Waals surface area contributed by atoms with Gasteiger partial charge in [0, 0.05) is 21.8 Å². The first-order chi connectivity index (χ1) is 9.45. The van der Waals surface area contributed by atoms with Gasteiger partial charge in [-0.3, -0.25) is 4.79 Å². The number of benzene rings is 1. The molecule has 108 valence electrons. The summed E-state index contributed by atoms with van der Waals surface area (Å²) < 4.78 is 6.17. The zero-order valence-electron chi connectivity index (χ0n) is 10.6. The number of ether oxygens (including phenoxy) is 1. The Hall–Kier alpha value is -0.440. The summed E-state index contributed by atoms with van der Waals surface area (Å²) in [5.41, 5.74) is 5.70. The van der Waals surface area contributed by atoms with Crippen molar-refractivity contribution < 1.29 is 9.53 Å². The molecule has 1 amide bonds. The minimum absolute atomic E-state index is 0.173. The molecule has 1 aliphatic rings. The Balaban J connectivity index is 2.22. The molecule has 1 aliphatic heterocycles. The lowest BCUT2D eigenvalue weighted by Gasteiger charge is -2.34. The molecule has 2 rings (SSSR count). The van der Waals surface area contributed by atoms with Gasteiger partial charge in [-0.1, -0.05) is 23.8 Å². The van der Waals surface area contributed by atoms with Crippen LogP contribution in [0.25, 0.3) is 0 Å². The Kier molecular flexibility index (Phi) is 5.22. The van der Waals surface area contributed by atoms with Crippen molar-refractivity contribution in [1.82, 2.24) is 0 Å². The van der Waals surface area contributed by atoms with E-state index in [-0.39, 0.29) is 10.9 Å². The zero-order valence-corrected chi connectivity index (χ0v) is 14.3. The molecular formula is C13H14ClIN2O2S. The number of carbonyl (C=O) groups excluding carboxylic acids is 1. The van der Waals surface area contributed by atoms with Gasteiger partial charge in [0.15, 0.2) is 0 Å². The van der Waals surface area contributed by atoms with Gasteiger partial charge < -0.3 is 15.8 Å². The second kappa shape index (κ2) is 6.55. The van der Waals surface area contributed by atoms with Crippen LogP contribution < -0.4 is 11.1 Å². The van der Waals surface area contributed by atoms with Crippen LogP contribution in [0.4, 0.5) is 5.69 Å². The third kappa shape index (κ3) is 3.24. The Morgan fingerprint density at radius 2 is 2.10 bits per heavy atom. The average molecular weight is 425 g/mol. The van der Waals surface area contributed by atoms with Gasteiger partial charge in [0.2, 0.25) is 5.91 Å². The number of hydrogen-bond acceptors (Lipinski definition) is 3. The Labute approximate surface area is 141 Å². The summed E-state index contributed by atoms with van der Waals surface area (Å²) in [6.45, 7) is 0.977. The highest BCUT2D eigenvalue weighted by Crippen LogP contribution is 2.33. The van der Waals surface area contributed by atoms with Crippen molar-refractivity contribution in [2.45, 2.75) is 12.8 Å². The highest BCUT2D eigenvalue weighted by Gasteiger charge is 2.43. The molecule has 1 aromatic rings. The maximum atomic E-state index is 12.6. The zero-order chi connectivity index (χ0) is 14.8. The quantitative estimate of drug-likeness (QED) is 0.578. The fraction of sp³-hybridized carbons (Fsp3) is 0.385. The largest absolute Gasteiger partial charge is 0.392 e. The van der Waals surface area contributed by atoms with E-state index in [4.69, 9.17) is 34.3 Å². The summed E-state index contributed by atoms with van der Waals surface area (Å²) >= 11 is 13.1. The molecule has 1 saturated heterocycles. The normalized spacial score (nSPS) is 17.5. The van der Waals surface area contributed by atoms with Gasteiger partial charge in [0.25, 0.3) is 0 Å². The maximum Gasteiger partial charge on any atom is 0.237 e. The minimum atomic E-state index is -0.823. The van der Waals surface area contributed by atoms with E-state index in [0.29, 0.717) is 36.8 Å². The minimum Gasteiger partial charge on any atom is -0.392 e. The molecular weight excluding hydrogens is 411 g/mol. The standard InChI is InChI=1S/C13H14ClIN2O2S/c14-8-1-2-10(9(15)7-8)17-12(18)13(11(16)20)3-5-19-6-4-13/h1-2,7H,3-6H2,(H2,16,20)(H,17,18). The highest BCUT2D eigenvalue weighted by atomic mass is 127. The lowest BCUT2D eigenvalue weighted by molar-refractivity contribution is -0.126. The van der Waals surface area contributed by atoms with Crippen LogP contribution in [0.2, 0.25) is 5.02 Å². The molecule has 0 radical (unpaired) electrons. The van der Waals surface area contributed by atoms with Gasteiger partial charge in [-0.25, -0.2) is 0 Å². The number of hydrogen-bond donors (Lipinski definition) is 2. The summed E-state index contributed by atoms with van der Waals surface area (Å²) in [6.07, 6.45) is 1.02. The molecule has 0 aliphatic carbocycles. The molecule has 0 bridgehead atoms. The summed E-state index contributed by atoms with van der Waals surface area (Å²) in [4.78, 5) is 12.8. The Bertz CT molecular complexity index is 547. The molecule has 1 fully saturated rings. The number of amides is 1. The van der Waals surface area contributed by atoms with Crippen molar-refractivity contribution in [3.8, 4) is 0 Å². The summed E-state index contributed by atoms with van der Waals surface area (Å²) in [7, 11) is 0. The van der Waals surface area contributed by atoms with E-state index in [1.807, 2.05) is 0 Å². The second-order valence-corrected chi connectivity index (χ2v) is 6.68. The average Bonchev–Trinajstić information content (AvgIpc) is 2.42. The smallest absolute Gasteiger partial charge is 0.237 e. The molecule has 20 heavy (non-hydrogen) atoms. The van der Waals surface area contributed by atoms with E-state index < -0.39 is 5.41 Å². The Morgan fingerprint density at radius 3 is 2.65 bits per heavy atom. The van der Waals surface area contributed by atoms with Crippen LogP contribution in [0.15, 0.2) is 18.2 Å². The third-order valence-corrected chi connectivity index (χ3v) is 4.95. The molecule has 1 heterocycles. The third-order valence-electron chi connectivity index (χ3n) is 3.43. The molecule has 0 atom stereocenters. The molecule has 0 aromatic heterocycles. The summed E-state index contributed by atoms with van der Waals surface area (Å²) in [5, 5.41) is 3.53. The van der Waals surface area contributed by atoms with Crippen molar-refractivity contribution in [2.75, 3.05) is 18.5 Å². The number of halogens is 2. The number of anilines is 1. The molecule has 1 aromatic carbocycles. The predicted octanol–water partition coefficient (Wildman–Crippen LogP) is 2.97. The lowest BCUT2D eigenvalue weighted by Crippen LogP contribution is -2.49. The van der Waals surface area contributed by atoms with Crippen molar-refractivity contribution in [3.63, 3.8) is 0 Å². The number of nitrogens with two attached hydrogens (primary N) is 1. The number of carbonyl (C=O) groups is 1. The first kappa shape index (κ1) is 15.9. The first-order valence-corrected chi connectivity index (χ1v) is 7.96. The molecule has 4 nitrogen and oxygen atoms in total. The highest BCUT2D eigenvalue weighted by molar-refractivity contribution is 14.1. The van der Waals surface area contributed by atoms with E-state index >= 15 is 0 Å². The van der Waals surface area contributed by atoms with E-state index in [1.165, 1.54) is 0 Å². The van der Waals surface area contributed by atoms with E-state index in [9.17, 15) is 4.79 Å². The van der Waals surface area contributed by atoms with Crippen molar-refractivity contribution in [3.05, 3.63) is 26.8 Å². The van der Waals surface area contributed by atoms with Crippen LogP contribution in [0.5, 0.6) is 0 Å². The fourth-order valence-electron chi connectivity index (χ4n) is 2.14. The van der Waals surface area contributed by atoms with Crippen LogP contribution in [-0.2, 0) is 9.53 Å². The number of thiocarbonyl (C=S) groups is 1. The second-order valence-electron chi connectivity index (χ2n) is 4.64. The topological polar surface area (TPSA) is 64.4 Å². The van der Waals surface area contributed by atoms with Crippen molar-refractivity contribution in [2.24, 2.45) is 11.1 Å². The summed E-state index contributed by atoms with van der Waals surface area (Å²) in [6, 6.07) is 5.29. The number of nitrogens with one attached hydrogen (secondary N) is 1. The van der Waals surface area contributed by atoms with Gasteiger partial charge in [-0.05, 0) is 53.6 Å². The van der Waals surface area contributed by atoms with Gasteiger partial charge in [-0.15, -0.1) is 0 Å². The molecule has 0 spiro atoms. The van der Waals surface area contributed by atoms with E-state index in [2.05, 4.69) is 27.9 Å². The van der Waals surface area contributed by atoms with E-state index in [1.54, 1.807) is 18.2 Å². The van der Waals surface area contributed by atoms with Crippen LogP contribution >= 0.6 is 46.4 Å². The lowest BCUT2D eigenvalue weighted by atomic mass is 9.79. The number of rotatable bonds is 3. The predicted molar refractivity (Wildman–Crippen MR) is 92.1 cm³/mol. The van der Waals surface area contributed by atoms with Crippen LogP contribution in [0.1, 0.15) is 12.8 Å². The maximum absolute atomic E-state index is 12.6. The van der Waals surface area contributed by atoms with Crippen LogP contribution in [0.3, 0.4) is 0 Å². The van der Waals surface area contributed by atoms with Crippen molar-refractivity contribution >= 4 is 63.0 Å². The van der Waals surface area contributed by atoms with E-state index in [0.717, 1.165) is 3.57 Å². The van der Waals surface area contributed by atoms with Crippen molar-refractivity contribution in [1.29, 1.82) is 0 Å². The molecule has 0 saturated carbocycles. The van der Waals surface area contributed by atoms with Crippen LogP contribution in [0, 0.1) is 8.99 Å². The summed E-state index contributed by atoms with van der Waals surface area (Å²) in [5.74, 6) is -0.173. The first-order valence-electron chi connectivity index (χ1n) is 6.10. The monoisotopic (exact) mass is 424 g/mol. The molecule has 3 N–H and O–H groups in total. The van der Waals surface area contributed by atoms with Gasteiger partial charge in [0.1, 0.15) is 5.41 Å². The molecule has 0 unspecified atom stereocenters. The SMILES string of the molecule is NC(=S)C1(C(=O)Nc2ccc(Cl)cc2I)CCOCC1.